The summed E-state index contributed by atoms with van der Waals surface area (Å²) in [6, 6.07) is 0. The molecule has 6 heteroatoms. The highest BCUT2D eigenvalue weighted by atomic mass is 16.6. The molecule has 2 bridgehead atoms. The monoisotopic (exact) mass is 348 g/mol. The van der Waals surface area contributed by atoms with Crippen molar-refractivity contribution in [1.82, 2.24) is 0 Å². The number of hydrogen-bond acceptors (Lipinski definition) is 6. The van der Waals surface area contributed by atoms with Crippen molar-refractivity contribution >= 4 is 17.5 Å². The van der Waals surface area contributed by atoms with Crippen LogP contribution in [0.4, 0.5) is 0 Å². The maximum absolute atomic E-state index is 13.2. The summed E-state index contributed by atoms with van der Waals surface area (Å²) in [6.07, 6.45) is -1.54. The second-order valence-corrected chi connectivity index (χ2v) is 8.73. The molecule has 2 saturated carbocycles. The third-order valence-corrected chi connectivity index (χ3v) is 7.71. The Morgan fingerprint density at radius 1 is 1.20 bits per heavy atom. The first kappa shape index (κ1) is 16.9. The Labute approximate surface area is 146 Å². The van der Waals surface area contributed by atoms with Gasteiger partial charge in [0.2, 0.25) is 0 Å². The van der Waals surface area contributed by atoms with Crippen LogP contribution in [0.25, 0.3) is 0 Å². The van der Waals surface area contributed by atoms with Gasteiger partial charge in [-0.2, -0.15) is 0 Å². The summed E-state index contributed by atoms with van der Waals surface area (Å²) in [5.41, 5.74) is -1.41. The van der Waals surface area contributed by atoms with Crippen LogP contribution in [0.2, 0.25) is 0 Å². The van der Waals surface area contributed by atoms with E-state index in [9.17, 15) is 24.6 Å². The summed E-state index contributed by atoms with van der Waals surface area (Å²) in [5.74, 6) is -2.93. The smallest absolute Gasteiger partial charge is 0.310 e. The van der Waals surface area contributed by atoms with Gasteiger partial charge in [0, 0.05) is 29.1 Å². The van der Waals surface area contributed by atoms with Crippen LogP contribution in [-0.4, -0.2) is 46.1 Å². The lowest BCUT2D eigenvalue weighted by Crippen LogP contribution is -2.70. The van der Waals surface area contributed by atoms with E-state index in [2.05, 4.69) is 0 Å². The van der Waals surface area contributed by atoms with E-state index in [1.807, 2.05) is 6.92 Å². The van der Waals surface area contributed by atoms with Crippen molar-refractivity contribution < 1.29 is 29.3 Å². The first-order valence-corrected chi connectivity index (χ1v) is 8.88. The highest BCUT2D eigenvalue weighted by Gasteiger charge is 2.74. The van der Waals surface area contributed by atoms with Crippen molar-refractivity contribution in [2.24, 2.45) is 34.5 Å². The molecule has 3 fully saturated rings. The normalized spacial score (nSPS) is 54.6. The van der Waals surface area contributed by atoms with Gasteiger partial charge in [0.25, 0.3) is 0 Å². The average molecular weight is 348 g/mol. The van der Waals surface area contributed by atoms with E-state index in [4.69, 9.17) is 4.74 Å². The topological polar surface area (TPSA) is 101 Å². The molecule has 0 aromatic heterocycles. The fourth-order valence-electron chi connectivity index (χ4n) is 6.55. The van der Waals surface area contributed by atoms with Crippen molar-refractivity contribution in [1.29, 1.82) is 0 Å². The molecule has 4 aliphatic rings. The number of hydrogen-bond donors (Lipinski definition) is 2. The molecule has 1 heterocycles. The van der Waals surface area contributed by atoms with E-state index in [0.717, 1.165) is 5.57 Å². The van der Waals surface area contributed by atoms with E-state index in [0.29, 0.717) is 0 Å². The number of ether oxygens (including phenoxy) is 1. The molecule has 6 nitrogen and oxygen atoms in total. The number of aliphatic hydroxyl groups is 2. The van der Waals surface area contributed by atoms with Gasteiger partial charge >= 0.3 is 5.97 Å². The van der Waals surface area contributed by atoms with Gasteiger partial charge in [0.05, 0.1) is 12.0 Å². The number of allylic oxidation sites excluding steroid dienone is 1. The van der Waals surface area contributed by atoms with Crippen molar-refractivity contribution in [3.8, 4) is 0 Å². The summed E-state index contributed by atoms with van der Waals surface area (Å²) < 4.78 is 5.41. The molecule has 3 aliphatic carbocycles. The molecule has 1 aliphatic heterocycles. The maximum atomic E-state index is 13.2. The summed E-state index contributed by atoms with van der Waals surface area (Å²) in [5, 5.41) is 21.9. The molecule has 0 unspecified atom stereocenters. The van der Waals surface area contributed by atoms with Crippen molar-refractivity contribution in [2.45, 2.75) is 52.4 Å². The van der Waals surface area contributed by atoms with Gasteiger partial charge in [-0.25, -0.2) is 0 Å². The molecule has 0 amide bonds. The van der Waals surface area contributed by atoms with Crippen LogP contribution in [-0.2, 0) is 19.1 Å². The fraction of sp³-hybridized carbons (Fsp3) is 0.737. The first-order valence-electron chi connectivity index (χ1n) is 8.88. The minimum atomic E-state index is -1.31. The lowest BCUT2D eigenvalue weighted by atomic mass is 9.40. The zero-order chi connectivity index (χ0) is 18.5. The molecule has 2 N–H and O–H groups in total. The quantitative estimate of drug-likeness (QED) is 0.623. The largest absolute Gasteiger partial charge is 0.459 e. The number of rotatable bonds is 0. The lowest BCUT2D eigenvalue weighted by Gasteiger charge is -2.62. The van der Waals surface area contributed by atoms with Crippen LogP contribution in [0.1, 0.15) is 34.1 Å². The highest BCUT2D eigenvalue weighted by molar-refractivity contribution is 5.98. The van der Waals surface area contributed by atoms with Crippen LogP contribution < -0.4 is 0 Å². The summed E-state index contributed by atoms with van der Waals surface area (Å²) >= 11 is 0. The summed E-state index contributed by atoms with van der Waals surface area (Å²) in [7, 11) is 0. The molecule has 136 valence electrons. The second kappa shape index (κ2) is 4.80. The van der Waals surface area contributed by atoms with E-state index in [1.165, 1.54) is 6.08 Å². The van der Waals surface area contributed by atoms with Crippen molar-refractivity contribution in [3.05, 3.63) is 11.6 Å². The van der Waals surface area contributed by atoms with Crippen LogP contribution in [0.5, 0.6) is 0 Å². The summed E-state index contributed by atoms with van der Waals surface area (Å²) in [4.78, 5) is 38.0. The van der Waals surface area contributed by atoms with Crippen LogP contribution >= 0.6 is 0 Å². The highest BCUT2D eigenvalue weighted by Crippen LogP contribution is 2.66. The van der Waals surface area contributed by atoms with E-state index >= 15 is 0 Å². The van der Waals surface area contributed by atoms with Gasteiger partial charge in [-0.3, -0.25) is 14.4 Å². The molecular formula is C19H24O6. The molecule has 0 spiro atoms. The number of carbonyl (C=O) groups is 3. The van der Waals surface area contributed by atoms with E-state index in [-0.39, 0.29) is 24.0 Å². The predicted octanol–water partition coefficient (Wildman–Crippen LogP) is 0.646. The summed E-state index contributed by atoms with van der Waals surface area (Å²) in [6.45, 7) is 7.09. The number of fused-ring (bicyclic) bond motifs is 6. The predicted molar refractivity (Wildman–Crippen MR) is 86.1 cm³/mol. The Kier molecular flexibility index (Phi) is 3.24. The van der Waals surface area contributed by atoms with Crippen molar-refractivity contribution in [2.75, 3.05) is 0 Å². The van der Waals surface area contributed by atoms with Gasteiger partial charge < -0.3 is 14.9 Å². The van der Waals surface area contributed by atoms with Crippen LogP contribution in [0, 0.1) is 34.5 Å². The van der Waals surface area contributed by atoms with Gasteiger partial charge in [-0.1, -0.05) is 26.3 Å². The standard InChI is InChI=1S/C19H24O6/c1-7-5-10(20)16(23)18(3)9(7)6-11(21)19(4)12-8(2)14(25-17(12)24)13(22)15(18)19/h5,8-9,12-16,22-23H,6H2,1-4H3/t8-,9-,12-,13+,14-,15-,16-,18+,19+/m1/s1. The Morgan fingerprint density at radius 2 is 1.84 bits per heavy atom. The van der Waals surface area contributed by atoms with Gasteiger partial charge in [0.15, 0.2) is 5.78 Å². The van der Waals surface area contributed by atoms with Gasteiger partial charge in [0.1, 0.15) is 18.0 Å². The average Bonchev–Trinajstić information content (AvgIpc) is 2.78. The molecule has 0 radical (unpaired) electrons. The van der Waals surface area contributed by atoms with Crippen LogP contribution in [0.3, 0.4) is 0 Å². The molecule has 4 rings (SSSR count). The fourth-order valence-corrected chi connectivity index (χ4v) is 6.55. The second-order valence-electron chi connectivity index (χ2n) is 8.73. The SMILES string of the molecule is CC1=CC(=O)[C@@H](O)[C@@]2(C)[C@@H]1CC(=O)[C@@]1(C)[C@H]3C(=O)O[C@H]([C@@H]3C)[C@H](O)[C@@H]12. The number of aliphatic hydroxyl groups excluding tert-OH is 2. The zero-order valence-electron chi connectivity index (χ0n) is 14.9. The first-order chi connectivity index (χ1) is 11.6. The molecule has 9 atom stereocenters. The molecule has 0 aromatic rings. The Bertz CT molecular complexity index is 725. The van der Waals surface area contributed by atoms with E-state index < -0.39 is 52.7 Å². The number of carbonyl (C=O) groups excluding carboxylic acids is 3. The van der Waals surface area contributed by atoms with Crippen LogP contribution in [0.15, 0.2) is 11.6 Å². The van der Waals surface area contributed by atoms with Gasteiger partial charge in [-0.05, 0) is 18.9 Å². The maximum Gasteiger partial charge on any atom is 0.310 e. The van der Waals surface area contributed by atoms with E-state index in [1.54, 1.807) is 20.8 Å². The molecular weight excluding hydrogens is 324 g/mol. The van der Waals surface area contributed by atoms with Crippen molar-refractivity contribution in [3.63, 3.8) is 0 Å². The Balaban J connectivity index is 1.96. The lowest BCUT2D eigenvalue weighted by molar-refractivity contribution is -0.208. The van der Waals surface area contributed by atoms with Gasteiger partial charge in [-0.15, -0.1) is 0 Å². The number of esters is 1. The minimum absolute atomic E-state index is 0.0949. The molecule has 0 aromatic carbocycles. The molecule has 25 heavy (non-hydrogen) atoms. The number of Topliss-reactive ketones (excluding diaryl/α,β-unsaturated/α-hetero) is 1. The third kappa shape index (κ3) is 1.70. The Morgan fingerprint density at radius 3 is 2.48 bits per heavy atom. The molecule has 1 saturated heterocycles. The third-order valence-electron chi connectivity index (χ3n) is 7.71. The Hall–Kier alpha value is -1.53. The number of ketones is 2. The zero-order valence-corrected chi connectivity index (χ0v) is 14.9. The minimum Gasteiger partial charge on any atom is -0.459 e.